The van der Waals surface area contributed by atoms with Crippen LogP contribution in [0.3, 0.4) is 0 Å². The molecule has 10 heteroatoms. The molecule has 1 aliphatic heterocycles. The number of carbonyl (C=O) groups is 2. The molecule has 178 valence electrons. The number of hydrogen-bond donors (Lipinski definition) is 1. The Morgan fingerprint density at radius 3 is 2.91 bits per heavy atom. The van der Waals surface area contributed by atoms with Gasteiger partial charge in [0, 0.05) is 22.7 Å². The van der Waals surface area contributed by atoms with Crippen LogP contribution in [0.15, 0.2) is 60.0 Å². The first-order valence-corrected chi connectivity index (χ1v) is 13.2. The summed E-state index contributed by atoms with van der Waals surface area (Å²) >= 11 is 3.63. The number of carbonyl (C=O) groups excluding carboxylic acids is 2. The van der Waals surface area contributed by atoms with Crippen molar-refractivity contribution in [1.82, 2.24) is 19.4 Å². The first-order chi connectivity index (χ1) is 16.9. The fraction of sp³-hybridized carbons (Fsp3) is 0.280. The minimum Gasteiger partial charge on any atom is -0.443 e. The molecule has 0 atom stereocenters. The fourth-order valence-corrected chi connectivity index (χ4v) is 6.66. The zero-order valence-corrected chi connectivity index (χ0v) is 21.7. The second-order valence-electron chi connectivity index (χ2n) is 9.20. The molecule has 4 heterocycles. The topological polar surface area (TPSA) is 93.3 Å². The number of likely N-dealkylation sites (tertiary alicyclic amines) is 1. The van der Waals surface area contributed by atoms with Gasteiger partial charge in [0.1, 0.15) is 0 Å². The van der Waals surface area contributed by atoms with Crippen molar-refractivity contribution >= 4 is 62.7 Å². The third-order valence-corrected chi connectivity index (χ3v) is 8.78. The number of oxazole rings is 1. The van der Waals surface area contributed by atoms with Crippen LogP contribution in [0.25, 0.3) is 21.7 Å². The maximum Gasteiger partial charge on any atom is 0.268 e. The van der Waals surface area contributed by atoms with Gasteiger partial charge in [0.25, 0.3) is 5.91 Å². The van der Waals surface area contributed by atoms with Gasteiger partial charge in [0.2, 0.25) is 11.9 Å². The van der Waals surface area contributed by atoms with Crippen LogP contribution in [-0.2, 0) is 4.79 Å². The molecule has 1 N–H and O–H groups in total. The van der Waals surface area contributed by atoms with Crippen LogP contribution in [0.2, 0.25) is 0 Å². The lowest BCUT2D eigenvalue weighted by atomic mass is 9.65. The first-order valence-electron chi connectivity index (χ1n) is 11.3. The third kappa shape index (κ3) is 3.98. The van der Waals surface area contributed by atoms with Crippen molar-refractivity contribution in [3.05, 3.63) is 64.0 Å². The summed E-state index contributed by atoms with van der Waals surface area (Å²) in [6, 6.07) is 10.0. The summed E-state index contributed by atoms with van der Waals surface area (Å²) in [6.07, 6.45) is 7.29. The van der Waals surface area contributed by atoms with Crippen LogP contribution >= 0.6 is 33.9 Å². The molecule has 2 fully saturated rings. The summed E-state index contributed by atoms with van der Waals surface area (Å²) in [5.41, 5.74) is 1.99. The lowest BCUT2D eigenvalue weighted by molar-refractivity contribution is -0.125. The molecule has 1 spiro atoms. The van der Waals surface area contributed by atoms with Gasteiger partial charge in [-0.15, -0.1) is 11.3 Å². The number of imidazole rings is 1. The molecule has 2 aliphatic rings. The molecule has 6 rings (SSSR count). The van der Waals surface area contributed by atoms with Crippen molar-refractivity contribution in [1.29, 1.82) is 0 Å². The highest BCUT2D eigenvalue weighted by Crippen LogP contribution is 2.55. The summed E-state index contributed by atoms with van der Waals surface area (Å²) < 4.78 is 8.60. The number of thiophene rings is 1. The van der Waals surface area contributed by atoms with Crippen LogP contribution in [0.1, 0.15) is 35.0 Å². The smallest absolute Gasteiger partial charge is 0.268 e. The Hall–Kier alpha value is -2.99. The maximum atomic E-state index is 13.2. The second kappa shape index (κ2) is 8.59. The van der Waals surface area contributed by atoms with Crippen molar-refractivity contribution in [3.8, 4) is 10.6 Å². The molecule has 0 bridgehead atoms. The number of hydrogen-bond acceptors (Lipinski definition) is 6. The van der Waals surface area contributed by atoms with Gasteiger partial charge in [0.15, 0.2) is 12.2 Å². The minimum atomic E-state index is -0.204. The number of rotatable bonds is 5. The van der Waals surface area contributed by atoms with Crippen molar-refractivity contribution in [2.24, 2.45) is 5.41 Å². The Morgan fingerprint density at radius 1 is 1.29 bits per heavy atom. The van der Waals surface area contributed by atoms with Gasteiger partial charge in [-0.1, -0.05) is 6.58 Å². The Morgan fingerprint density at radius 2 is 2.14 bits per heavy atom. The highest BCUT2D eigenvalue weighted by Gasteiger charge is 2.50. The quantitative estimate of drug-likeness (QED) is 0.247. The SMILES string of the molecule is C=CC(=O)N1CC[C@]2(C1)C[C@H](n1c(NC(=O)c3ccc(-c4cnco4)s3)nc3cc(I)ccc31)C2. The van der Waals surface area contributed by atoms with Crippen LogP contribution in [-0.4, -0.2) is 44.3 Å². The van der Waals surface area contributed by atoms with Crippen molar-refractivity contribution < 1.29 is 14.0 Å². The van der Waals surface area contributed by atoms with Gasteiger partial charge in [0.05, 0.1) is 27.0 Å². The molecule has 0 unspecified atom stereocenters. The van der Waals surface area contributed by atoms with Gasteiger partial charge in [-0.3, -0.25) is 14.9 Å². The molecule has 1 saturated carbocycles. The molecule has 35 heavy (non-hydrogen) atoms. The number of anilines is 1. The van der Waals surface area contributed by atoms with Crippen LogP contribution in [0, 0.1) is 8.99 Å². The van der Waals surface area contributed by atoms with E-state index in [1.807, 2.05) is 17.0 Å². The van der Waals surface area contributed by atoms with E-state index in [0.717, 1.165) is 51.8 Å². The molecular formula is C25H22IN5O3S. The minimum absolute atomic E-state index is 0.00146. The van der Waals surface area contributed by atoms with Gasteiger partial charge in [-0.05, 0) is 83.7 Å². The maximum absolute atomic E-state index is 13.2. The highest BCUT2D eigenvalue weighted by molar-refractivity contribution is 14.1. The molecule has 8 nitrogen and oxygen atoms in total. The van der Waals surface area contributed by atoms with E-state index < -0.39 is 0 Å². The van der Waals surface area contributed by atoms with E-state index in [2.05, 4.69) is 56.2 Å². The third-order valence-electron chi connectivity index (χ3n) is 7.01. The largest absolute Gasteiger partial charge is 0.443 e. The van der Waals surface area contributed by atoms with Crippen molar-refractivity contribution in [2.75, 3.05) is 18.4 Å². The Bertz CT molecular complexity index is 1450. The number of benzene rings is 1. The number of nitrogens with one attached hydrogen (secondary N) is 1. The summed E-state index contributed by atoms with van der Waals surface area (Å²) in [5.74, 6) is 0.987. The summed E-state index contributed by atoms with van der Waals surface area (Å²) in [5, 5.41) is 3.06. The average Bonchev–Trinajstić information content (AvgIpc) is 3.62. The molecule has 2 amide bonds. The number of nitrogens with zero attached hydrogens (tertiary/aromatic N) is 4. The van der Waals surface area contributed by atoms with E-state index in [4.69, 9.17) is 9.40 Å². The number of halogens is 1. The Balaban J connectivity index is 1.27. The van der Waals surface area contributed by atoms with Crippen LogP contribution in [0.5, 0.6) is 0 Å². The summed E-state index contributed by atoms with van der Waals surface area (Å²) in [6.45, 7) is 5.16. The lowest BCUT2D eigenvalue weighted by Crippen LogP contribution is -2.42. The summed E-state index contributed by atoms with van der Waals surface area (Å²) in [7, 11) is 0. The molecule has 0 radical (unpaired) electrons. The first kappa shape index (κ1) is 22.5. The van der Waals surface area contributed by atoms with Crippen LogP contribution in [0.4, 0.5) is 5.95 Å². The zero-order chi connectivity index (χ0) is 24.2. The zero-order valence-electron chi connectivity index (χ0n) is 18.7. The lowest BCUT2D eigenvalue weighted by Gasteiger charge is -2.46. The standard InChI is InChI=1S/C25H22IN5O3S/c1-2-22(32)30-8-7-25(13-30)10-16(11-25)31-18-4-3-15(26)9-17(18)28-24(31)29-23(33)21-6-5-20(35-21)19-12-27-14-34-19/h2-6,9,12,14,16H,1,7-8,10-11,13H2,(H,28,29,33)/t16-,25-. The van der Waals surface area contributed by atoms with Crippen molar-refractivity contribution in [3.63, 3.8) is 0 Å². The van der Waals surface area contributed by atoms with Gasteiger partial charge in [-0.25, -0.2) is 9.97 Å². The van der Waals surface area contributed by atoms with Gasteiger partial charge < -0.3 is 13.9 Å². The molecule has 1 saturated heterocycles. The normalized spacial score (nSPS) is 21.4. The fourth-order valence-electron chi connectivity index (χ4n) is 5.33. The number of fused-ring (bicyclic) bond motifs is 1. The van der Waals surface area contributed by atoms with E-state index in [1.54, 1.807) is 12.3 Å². The van der Waals surface area contributed by atoms with Crippen LogP contribution < -0.4 is 5.32 Å². The van der Waals surface area contributed by atoms with E-state index in [1.165, 1.54) is 23.8 Å². The number of aromatic nitrogens is 3. The Kier molecular flexibility index (Phi) is 5.52. The van der Waals surface area contributed by atoms with E-state index in [9.17, 15) is 9.59 Å². The monoisotopic (exact) mass is 599 g/mol. The van der Waals surface area contributed by atoms with Gasteiger partial charge >= 0.3 is 0 Å². The molecular weight excluding hydrogens is 577 g/mol. The van der Waals surface area contributed by atoms with E-state index in [-0.39, 0.29) is 23.3 Å². The molecule has 1 aliphatic carbocycles. The van der Waals surface area contributed by atoms with E-state index in [0.29, 0.717) is 16.6 Å². The molecule has 1 aromatic carbocycles. The highest BCUT2D eigenvalue weighted by atomic mass is 127. The van der Waals surface area contributed by atoms with Gasteiger partial charge in [-0.2, -0.15) is 0 Å². The predicted molar refractivity (Wildman–Crippen MR) is 142 cm³/mol. The Labute approximate surface area is 219 Å². The van der Waals surface area contributed by atoms with Crippen molar-refractivity contribution in [2.45, 2.75) is 25.3 Å². The van der Waals surface area contributed by atoms with E-state index >= 15 is 0 Å². The number of amides is 2. The predicted octanol–water partition coefficient (Wildman–Crippen LogP) is 5.35. The molecule has 3 aromatic heterocycles. The average molecular weight is 599 g/mol. The molecule has 4 aromatic rings. The second-order valence-corrected chi connectivity index (χ2v) is 11.5. The summed E-state index contributed by atoms with van der Waals surface area (Å²) in [4.78, 5) is 37.3.